The molecule has 104 valence electrons. The van der Waals surface area contributed by atoms with Crippen molar-refractivity contribution in [3.63, 3.8) is 0 Å². The second kappa shape index (κ2) is 7.42. The molecule has 8 heteroatoms. The van der Waals surface area contributed by atoms with Gasteiger partial charge in [-0.05, 0) is 19.1 Å². The highest BCUT2D eigenvalue weighted by molar-refractivity contribution is 6.29. The summed E-state index contributed by atoms with van der Waals surface area (Å²) in [5, 5.41) is 5.75. The number of halogens is 1. The van der Waals surface area contributed by atoms with E-state index in [1.807, 2.05) is 6.92 Å². The molecule has 0 bridgehead atoms. The molecule has 0 aromatic carbocycles. The Bertz CT molecular complexity index is 467. The number of carbonyl (C=O) groups is 2. The maximum Gasteiger partial charge on any atom is 0.404 e. The number of aromatic nitrogens is 1. The third-order valence-electron chi connectivity index (χ3n) is 2.05. The smallest absolute Gasteiger partial charge is 0.404 e. The molecule has 0 unspecified atom stereocenters. The Hall–Kier alpha value is -2.02. The molecule has 0 radical (unpaired) electrons. The van der Waals surface area contributed by atoms with E-state index >= 15 is 0 Å². The zero-order chi connectivity index (χ0) is 14.3. The summed E-state index contributed by atoms with van der Waals surface area (Å²) in [6, 6.07) is 3.03. The monoisotopic (exact) mass is 286 g/mol. The highest BCUT2D eigenvalue weighted by atomic mass is 35.5. The van der Waals surface area contributed by atoms with Crippen molar-refractivity contribution in [3.05, 3.63) is 22.8 Å². The molecule has 0 atom stereocenters. The van der Waals surface area contributed by atoms with Crippen LogP contribution in [0.2, 0.25) is 5.15 Å². The Kier molecular flexibility index (Phi) is 5.87. The second-order valence-corrected chi connectivity index (χ2v) is 3.90. The van der Waals surface area contributed by atoms with Crippen LogP contribution in [0.15, 0.2) is 12.1 Å². The molecule has 0 saturated heterocycles. The van der Waals surface area contributed by atoms with Crippen LogP contribution in [0.5, 0.6) is 0 Å². The number of pyridine rings is 1. The van der Waals surface area contributed by atoms with E-state index in [2.05, 4.69) is 20.4 Å². The lowest BCUT2D eigenvalue weighted by Crippen LogP contribution is -2.29. The van der Waals surface area contributed by atoms with Crippen LogP contribution < -0.4 is 16.4 Å². The summed E-state index contributed by atoms with van der Waals surface area (Å²) in [5.74, 6) is 0.185. The first-order chi connectivity index (χ1) is 9.02. The Morgan fingerprint density at radius 3 is 2.84 bits per heavy atom. The third-order valence-corrected chi connectivity index (χ3v) is 2.24. The first-order valence-corrected chi connectivity index (χ1v) is 6.02. The molecule has 1 aromatic heterocycles. The molecule has 0 spiro atoms. The van der Waals surface area contributed by atoms with E-state index in [0.717, 1.165) is 0 Å². The molecule has 0 fully saturated rings. The first kappa shape index (κ1) is 15.0. The topological polar surface area (TPSA) is 106 Å². The number of nitrogens with two attached hydrogens (primary N) is 1. The average molecular weight is 287 g/mol. The van der Waals surface area contributed by atoms with Gasteiger partial charge >= 0.3 is 6.09 Å². The lowest BCUT2D eigenvalue weighted by atomic mass is 10.2. The van der Waals surface area contributed by atoms with Gasteiger partial charge in [-0.1, -0.05) is 11.6 Å². The average Bonchev–Trinajstić information content (AvgIpc) is 2.34. The Balaban J connectivity index is 2.58. The molecule has 1 rings (SSSR count). The van der Waals surface area contributed by atoms with Crippen molar-refractivity contribution >= 4 is 29.4 Å². The number of nitrogens with zero attached hydrogens (tertiary/aromatic N) is 1. The molecule has 1 aromatic rings. The van der Waals surface area contributed by atoms with Gasteiger partial charge < -0.3 is 21.1 Å². The van der Waals surface area contributed by atoms with Crippen LogP contribution >= 0.6 is 11.6 Å². The van der Waals surface area contributed by atoms with Gasteiger partial charge in [0.05, 0.1) is 6.54 Å². The van der Waals surface area contributed by atoms with Crippen molar-refractivity contribution in [2.24, 2.45) is 5.73 Å². The van der Waals surface area contributed by atoms with Gasteiger partial charge in [-0.3, -0.25) is 4.79 Å². The molecular weight excluding hydrogens is 272 g/mol. The van der Waals surface area contributed by atoms with Gasteiger partial charge in [0.2, 0.25) is 0 Å². The molecule has 4 N–H and O–H groups in total. The summed E-state index contributed by atoms with van der Waals surface area (Å²) >= 11 is 5.82. The van der Waals surface area contributed by atoms with Crippen LogP contribution in [0.25, 0.3) is 0 Å². The fraction of sp³-hybridized carbons (Fsp3) is 0.364. The summed E-state index contributed by atoms with van der Waals surface area (Å²) in [6.45, 7) is 2.75. The van der Waals surface area contributed by atoms with E-state index in [9.17, 15) is 9.59 Å². The first-order valence-electron chi connectivity index (χ1n) is 5.64. The zero-order valence-electron chi connectivity index (χ0n) is 10.4. The van der Waals surface area contributed by atoms with Crippen LogP contribution in [0.1, 0.15) is 17.3 Å². The summed E-state index contributed by atoms with van der Waals surface area (Å²) in [4.78, 5) is 26.1. The molecule has 19 heavy (non-hydrogen) atoms. The zero-order valence-corrected chi connectivity index (χ0v) is 11.2. The number of hydrogen-bond donors (Lipinski definition) is 3. The Morgan fingerprint density at radius 1 is 1.47 bits per heavy atom. The highest BCUT2D eigenvalue weighted by Crippen LogP contribution is 2.14. The summed E-state index contributed by atoms with van der Waals surface area (Å²) in [5.41, 5.74) is 5.16. The minimum atomic E-state index is -0.879. The molecule has 2 amide bonds. The van der Waals surface area contributed by atoms with Crippen molar-refractivity contribution in [1.82, 2.24) is 10.3 Å². The Morgan fingerprint density at radius 2 is 2.21 bits per heavy atom. The molecule has 0 saturated carbocycles. The minimum absolute atomic E-state index is 0.0138. The maximum absolute atomic E-state index is 11.8. The van der Waals surface area contributed by atoms with Gasteiger partial charge in [0.1, 0.15) is 17.6 Å². The number of anilines is 1. The number of primary amides is 1. The van der Waals surface area contributed by atoms with Gasteiger partial charge in [-0.2, -0.15) is 0 Å². The maximum atomic E-state index is 11.8. The quantitative estimate of drug-likeness (QED) is 0.534. The van der Waals surface area contributed by atoms with Crippen LogP contribution in [-0.2, 0) is 4.74 Å². The SMILES string of the molecule is CCNc1cc(C(=O)NCCOC(N)=O)cc(Cl)n1. The normalized spacial score (nSPS) is 9.79. The molecular formula is C11H15ClN4O3. The van der Waals surface area contributed by atoms with Crippen LogP contribution in [-0.4, -0.2) is 36.7 Å². The third kappa shape index (κ3) is 5.43. The van der Waals surface area contributed by atoms with E-state index < -0.39 is 6.09 Å². The van der Waals surface area contributed by atoms with Crippen LogP contribution in [0.3, 0.4) is 0 Å². The molecule has 0 aliphatic heterocycles. The Labute approximate surface area is 115 Å². The van der Waals surface area contributed by atoms with Crippen molar-refractivity contribution < 1.29 is 14.3 Å². The largest absolute Gasteiger partial charge is 0.448 e. The van der Waals surface area contributed by atoms with Gasteiger partial charge in [0, 0.05) is 12.1 Å². The van der Waals surface area contributed by atoms with Crippen LogP contribution in [0, 0.1) is 0 Å². The van der Waals surface area contributed by atoms with Crippen molar-refractivity contribution in [2.45, 2.75) is 6.92 Å². The standard InChI is InChI=1S/C11H15ClN4O3/c1-2-14-9-6-7(5-8(12)16-9)10(17)15-3-4-19-11(13)18/h5-6H,2-4H2,1H3,(H2,13,18)(H,14,16)(H,15,17). The number of rotatable bonds is 6. The fourth-order valence-electron chi connectivity index (χ4n) is 1.32. The number of nitrogens with one attached hydrogen (secondary N) is 2. The number of carbonyl (C=O) groups excluding carboxylic acids is 2. The van der Waals surface area contributed by atoms with Crippen LogP contribution in [0.4, 0.5) is 10.6 Å². The lowest BCUT2D eigenvalue weighted by Gasteiger charge is -2.08. The van der Waals surface area contributed by atoms with Crippen molar-refractivity contribution in [1.29, 1.82) is 0 Å². The molecule has 0 aliphatic rings. The van der Waals surface area contributed by atoms with E-state index in [4.69, 9.17) is 17.3 Å². The predicted molar refractivity (Wildman–Crippen MR) is 71.3 cm³/mol. The van der Waals surface area contributed by atoms with Crippen molar-refractivity contribution in [3.8, 4) is 0 Å². The molecule has 1 heterocycles. The lowest BCUT2D eigenvalue weighted by molar-refractivity contribution is 0.0937. The van der Waals surface area contributed by atoms with E-state index in [0.29, 0.717) is 17.9 Å². The van der Waals surface area contributed by atoms with E-state index in [1.54, 1.807) is 6.07 Å². The van der Waals surface area contributed by atoms with Gasteiger partial charge in [0.15, 0.2) is 0 Å². The number of hydrogen-bond acceptors (Lipinski definition) is 5. The number of amides is 2. The highest BCUT2D eigenvalue weighted by Gasteiger charge is 2.08. The molecule has 0 aliphatic carbocycles. The van der Waals surface area contributed by atoms with E-state index in [-0.39, 0.29) is 24.2 Å². The van der Waals surface area contributed by atoms with Gasteiger partial charge in [0.25, 0.3) is 5.91 Å². The fourth-order valence-corrected chi connectivity index (χ4v) is 1.53. The number of ether oxygens (including phenoxy) is 1. The summed E-state index contributed by atoms with van der Waals surface area (Å²) < 4.78 is 4.49. The minimum Gasteiger partial charge on any atom is -0.448 e. The summed E-state index contributed by atoms with van der Waals surface area (Å²) in [7, 11) is 0. The van der Waals surface area contributed by atoms with Crippen molar-refractivity contribution in [2.75, 3.05) is 25.0 Å². The van der Waals surface area contributed by atoms with Gasteiger partial charge in [-0.25, -0.2) is 9.78 Å². The predicted octanol–water partition coefficient (Wildman–Crippen LogP) is 0.992. The van der Waals surface area contributed by atoms with E-state index in [1.165, 1.54) is 6.07 Å². The molecule has 7 nitrogen and oxygen atoms in total. The van der Waals surface area contributed by atoms with Gasteiger partial charge in [-0.15, -0.1) is 0 Å². The summed E-state index contributed by atoms with van der Waals surface area (Å²) in [6.07, 6.45) is -0.879. The second-order valence-electron chi connectivity index (χ2n) is 3.52.